The fourth-order valence-electron chi connectivity index (χ4n) is 3.88. The first kappa shape index (κ1) is 47.8. The van der Waals surface area contributed by atoms with E-state index in [4.69, 9.17) is 50.4 Å². The minimum absolute atomic E-state index is 0. The van der Waals surface area contributed by atoms with Crippen molar-refractivity contribution >= 4 is 41.5 Å². The normalized spacial score (nSPS) is 9.24. The number of aromatic hydroxyl groups is 1. The summed E-state index contributed by atoms with van der Waals surface area (Å²) in [6.45, 7) is 0.223. The Hall–Kier alpha value is -2.24. The predicted molar refractivity (Wildman–Crippen MR) is 176 cm³/mol. The van der Waals surface area contributed by atoms with Gasteiger partial charge in [0.15, 0.2) is 23.0 Å². The second-order valence-corrected chi connectivity index (χ2v) is 9.10. The van der Waals surface area contributed by atoms with Gasteiger partial charge in [-0.3, -0.25) is 4.79 Å². The van der Waals surface area contributed by atoms with Crippen LogP contribution in [0.5, 0.6) is 34.8 Å². The third-order valence-corrected chi connectivity index (χ3v) is 6.42. The number of carbonyl (C=O) groups excluding carboxylic acids is 1. The van der Waals surface area contributed by atoms with Gasteiger partial charge in [0.1, 0.15) is 6.61 Å². The number of nitrogens with zero attached hydrogens (tertiary/aromatic N) is 6. The maximum atomic E-state index is 9.09. The molecule has 15 nitrogen and oxygen atoms in total. The molecule has 0 aliphatic heterocycles. The first-order valence-corrected chi connectivity index (χ1v) is 14.0. The molecule has 0 spiro atoms. The number of methoxy groups -OCH3 is 4. The summed E-state index contributed by atoms with van der Waals surface area (Å²) in [6.07, 6.45) is 13.9. The number of fused-ring (bicyclic) bond motifs is 2. The molecule has 6 aromatic rings. The van der Waals surface area contributed by atoms with Gasteiger partial charge in [0.25, 0.3) is 6.47 Å². The molecular weight excluding hydrogens is 749 g/mol. The van der Waals surface area contributed by atoms with E-state index in [1.807, 2.05) is 57.9 Å². The summed E-state index contributed by atoms with van der Waals surface area (Å²) in [5, 5.41) is 17.5. The molecule has 0 aliphatic carbocycles. The van der Waals surface area contributed by atoms with Crippen molar-refractivity contribution in [2.75, 3.05) is 28.4 Å². The summed E-state index contributed by atoms with van der Waals surface area (Å²) in [5.41, 5.74) is 4.25. The Labute approximate surface area is 385 Å². The summed E-state index contributed by atoms with van der Waals surface area (Å²) in [6, 6.07) is 11.1. The quantitative estimate of drug-likeness (QED) is 0.0571. The molecule has 0 unspecified atom stereocenters. The average molecular weight is 784 g/mol. The van der Waals surface area contributed by atoms with Crippen LogP contribution < -0.4 is 132 Å². The summed E-state index contributed by atoms with van der Waals surface area (Å²) in [7, 11) is 6.11. The molecule has 6 heterocycles. The van der Waals surface area contributed by atoms with Gasteiger partial charge in [0.2, 0.25) is 11.8 Å². The molecule has 0 aliphatic rings. The van der Waals surface area contributed by atoms with Gasteiger partial charge in [0.05, 0.1) is 76.9 Å². The van der Waals surface area contributed by atoms with Crippen molar-refractivity contribution in [1.82, 2.24) is 28.7 Å². The Morgan fingerprint density at radius 3 is 1.80 bits per heavy atom. The van der Waals surface area contributed by atoms with E-state index in [0.717, 1.165) is 22.2 Å². The number of rotatable bonds is 9. The summed E-state index contributed by atoms with van der Waals surface area (Å²) < 4.78 is 29.7. The van der Waals surface area contributed by atoms with Crippen LogP contribution in [0.2, 0.25) is 0 Å². The Morgan fingerprint density at radius 2 is 1.30 bits per heavy atom. The van der Waals surface area contributed by atoms with E-state index in [9.17, 15) is 0 Å². The van der Waals surface area contributed by atoms with Crippen LogP contribution in [0, 0.1) is 0 Å². The molecule has 0 bridgehead atoms. The van der Waals surface area contributed by atoms with Crippen LogP contribution in [0.3, 0.4) is 0 Å². The van der Waals surface area contributed by atoms with Gasteiger partial charge in [-0.05, 0) is 17.7 Å². The van der Waals surface area contributed by atoms with Crippen LogP contribution in [0.25, 0.3) is 11.0 Å². The van der Waals surface area contributed by atoms with E-state index < -0.39 is 0 Å². The van der Waals surface area contributed by atoms with Gasteiger partial charge in [-0.25, -0.2) is 19.9 Å². The molecule has 1 N–H and O–H groups in total. The van der Waals surface area contributed by atoms with Crippen molar-refractivity contribution < 1.29 is 148 Å². The van der Waals surface area contributed by atoms with E-state index in [2.05, 4.69) is 24.8 Å². The second-order valence-electron chi connectivity index (χ2n) is 8.83. The fourth-order valence-corrected chi connectivity index (χ4v) is 4.11. The standard InChI is InChI=1S/C15H15N3O3.C8H7ClN2.C7H9NO3.CH2O3.ClH.2K.H/c1-19-13-6-15(20-2)17-8-14(13)21-9-11-4-3-5-18-10-16-7-12(11)18;9-4-7-2-1-3-11-6-10-5-8(7)11;1-10-6-3-7(11-2)8-4-5(6)9;2-1-4-3;;;;/h3-8,10H,9H2,1-2H3;1-3,5-6H,4H2;3-4,9H,1-2H3;1,3H;1H;;;/q;;;;;2*+1;-1/p-1. The molecule has 0 aromatic carbocycles. The summed E-state index contributed by atoms with van der Waals surface area (Å²) >= 11 is 5.72. The number of alkyl halides is 1. The summed E-state index contributed by atoms with van der Waals surface area (Å²) in [5.74, 6) is 2.96. The number of ether oxygens (including phenoxy) is 5. The van der Waals surface area contributed by atoms with Crippen LogP contribution in [0.4, 0.5) is 0 Å². The number of hydrogen-bond donors (Lipinski definition) is 1. The maximum Gasteiger partial charge on any atom is 1.00 e. The first-order chi connectivity index (χ1) is 22.9. The minimum Gasteiger partial charge on any atom is -1.00 e. The monoisotopic (exact) mass is 782 g/mol. The maximum absolute atomic E-state index is 9.09. The summed E-state index contributed by atoms with van der Waals surface area (Å²) in [4.78, 5) is 27.3. The Kier molecular flexibility index (Phi) is 25.3. The first-order valence-electron chi connectivity index (χ1n) is 13.5. The van der Waals surface area contributed by atoms with Crippen molar-refractivity contribution in [1.29, 1.82) is 0 Å². The minimum atomic E-state index is -0.181. The Bertz CT molecular complexity index is 1860. The zero-order valence-electron chi connectivity index (χ0n) is 29.3. The van der Waals surface area contributed by atoms with Crippen molar-refractivity contribution in [3.63, 3.8) is 0 Å². The topological polar surface area (TPSA) is 176 Å². The molecule has 6 rings (SSSR count). The van der Waals surface area contributed by atoms with Gasteiger partial charge in [-0.2, -0.15) is 0 Å². The van der Waals surface area contributed by atoms with Crippen LogP contribution in [0.1, 0.15) is 12.6 Å². The molecule has 0 amide bonds. The smallest absolute Gasteiger partial charge is 1.00 e. The Morgan fingerprint density at radius 1 is 0.800 bits per heavy atom. The molecule has 258 valence electrons. The number of hydrogen-bond acceptors (Lipinski definition) is 13. The molecule has 0 atom stereocenters. The molecule has 0 fully saturated rings. The van der Waals surface area contributed by atoms with Gasteiger partial charge < -0.3 is 49.2 Å². The molecule has 19 heteroatoms. The Balaban J connectivity index is 0. The van der Waals surface area contributed by atoms with Gasteiger partial charge in [-0.1, -0.05) is 12.1 Å². The molecule has 6 aromatic heterocycles. The fraction of sp³-hybridized carbons (Fsp3) is 0.194. The zero-order valence-corrected chi connectivity index (χ0v) is 36.1. The molecule has 0 saturated carbocycles. The molecular formula is C31H34Cl2K2N6O9. The van der Waals surface area contributed by atoms with Gasteiger partial charge in [-0.15, -0.1) is 24.0 Å². The number of pyridine rings is 4. The van der Waals surface area contributed by atoms with E-state index >= 15 is 0 Å². The van der Waals surface area contributed by atoms with Crippen LogP contribution in [0.15, 0.2) is 86.2 Å². The predicted octanol–water partition coefficient (Wildman–Crippen LogP) is -1.82. The van der Waals surface area contributed by atoms with E-state index in [0.29, 0.717) is 41.5 Å². The van der Waals surface area contributed by atoms with E-state index in [1.165, 1.54) is 26.5 Å². The third-order valence-electron chi connectivity index (χ3n) is 6.13. The zero-order chi connectivity index (χ0) is 34.0. The SMILES string of the molecule is COc1cc(OC)c(O)cn1.COc1cc(OC)c(OCc2cccn3cncc23)cn1.Cl.ClCc1cccn2cncc12.O=CO[O-].[H-].[K+].[K+]. The number of imidazole rings is 2. The van der Waals surface area contributed by atoms with Crippen LogP contribution >= 0.6 is 24.0 Å². The largest absolute Gasteiger partial charge is 1.00 e. The van der Waals surface area contributed by atoms with Crippen molar-refractivity contribution in [2.45, 2.75) is 12.5 Å². The second kappa shape index (κ2) is 26.5. The number of aromatic nitrogens is 6. The van der Waals surface area contributed by atoms with Gasteiger partial charge in [0, 0.05) is 36.0 Å². The van der Waals surface area contributed by atoms with E-state index in [-0.39, 0.29) is 129 Å². The van der Waals surface area contributed by atoms with Crippen molar-refractivity contribution in [2.24, 2.45) is 0 Å². The van der Waals surface area contributed by atoms with Gasteiger partial charge >= 0.3 is 103 Å². The molecule has 0 radical (unpaired) electrons. The van der Waals surface area contributed by atoms with Crippen molar-refractivity contribution in [3.05, 3.63) is 97.4 Å². The average Bonchev–Trinajstić information content (AvgIpc) is 3.82. The van der Waals surface area contributed by atoms with Crippen LogP contribution in [-0.2, 0) is 22.2 Å². The third kappa shape index (κ3) is 14.4. The number of carbonyl (C=O) groups is 1. The van der Waals surface area contributed by atoms with Crippen LogP contribution in [-0.4, -0.2) is 68.8 Å². The molecule has 50 heavy (non-hydrogen) atoms. The van der Waals surface area contributed by atoms with Crippen molar-refractivity contribution in [3.8, 4) is 34.8 Å². The number of halogens is 2. The molecule has 0 saturated heterocycles. The van der Waals surface area contributed by atoms with E-state index in [1.54, 1.807) is 39.1 Å².